The van der Waals surface area contributed by atoms with Crippen molar-refractivity contribution in [3.8, 4) is 0 Å². The van der Waals surface area contributed by atoms with Crippen LogP contribution in [0.25, 0.3) is 0 Å². The summed E-state index contributed by atoms with van der Waals surface area (Å²) < 4.78 is 0. The maximum atomic E-state index is 11.4. The van der Waals surface area contributed by atoms with Crippen LogP contribution in [0.15, 0.2) is 16.8 Å². The number of hydrogen-bond donors (Lipinski definition) is 1. The van der Waals surface area contributed by atoms with E-state index in [-0.39, 0.29) is 40.2 Å². The molecule has 0 aromatic rings. The van der Waals surface area contributed by atoms with Crippen LogP contribution in [0.1, 0.15) is 65.7 Å². The lowest BCUT2D eigenvalue weighted by molar-refractivity contribution is -0.489. The highest BCUT2D eigenvalue weighted by Crippen LogP contribution is 2.67. The number of hydrogen-bond acceptors (Lipinski definition) is 5. The summed E-state index contributed by atoms with van der Waals surface area (Å²) in [4.78, 5) is 16.4. The van der Waals surface area contributed by atoms with Crippen molar-refractivity contribution in [3.05, 3.63) is 21.8 Å². The molecule has 0 heterocycles. The summed E-state index contributed by atoms with van der Waals surface area (Å²) >= 11 is 0. The predicted molar refractivity (Wildman–Crippen MR) is 112 cm³/mol. The lowest BCUT2D eigenvalue weighted by atomic mass is 9.47. The van der Waals surface area contributed by atoms with Crippen LogP contribution in [0, 0.1) is 50.5 Å². The molecule has 0 aromatic carbocycles. The molecule has 6 nitrogen and oxygen atoms in total. The third-order valence-electron chi connectivity index (χ3n) is 9.32. The van der Waals surface area contributed by atoms with Gasteiger partial charge in [-0.05, 0) is 80.5 Å². The van der Waals surface area contributed by atoms with Crippen molar-refractivity contribution in [2.45, 2.75) is 71.8 Å². The van der Waals surface area contributed by atoms with Gasteiger partial charge in [0.05, 0.1) is 11.8 Å². The molecule has 3 unspecified atom stereocenters. The topological polar surface area (TPSA) is 85.0 Å². The van der Waals surface area contributed by atoms with Gasteiger partial charge in [-0.1, -0.05) is 30.7 Å². The van der Waals surface area contributed by atoms with Crippen LogP contribution in [0.2, 0.25) is 0 Å². The van der Waals surface area contributed by atoms with Crippen molar-refractivity contribution in [2.24, 2.45) is 45.6 Å². The minimum Gasteiger partial charge on any atom is -0.399 e. The quantitative estimate of drug-likeness (QED) is 0.325. The highest BCUT2D eigenvalue weighted by atomic mass is 16.6. The lowest BCUT2D eigenvalue weighted by Crippen LogP contribution is -2.51. The van der Waals surface area contributed by atoms with Crippen LogP contribution in [0.5, 0.6) is 0 Å². The SMILES string of the molecule is CO/N=C(/C)[C@H]1[C@H](C[N+](=O)[O-])CC2C3CC=C4C[C@@H](O)CC[C@]4(C)C3CC[C@@]21C. The fourth-order valence-corrected chi connectivity index (χ4v) is 8.21. The van der Waals surface area contributed by atoms with E-state index in [4.69, 9.17) is 4.84 Å². The molecule has 0 amide bonds. The molecule has 0 spiro atoms. The second-order valence-corrected chi connectivity index (χ2v) is 10.6. The second kappa shape index (κ2) is 7.36. The van der Waals surface area contributed by atoms with Gasteiger partial charge in [-0.25, -0.2) is 0 Å². The molecule has 4 aliphatic carbocycles. The molecule has 8 atom stereocenters. The van der Waals surface area contributed by atoms with Crippen molar-refractivity contribution in [2.75, 3.05) is 13.7 Å². The number of aliphatic hydroxyl groups excluding tert-OH is 1. The molecule has 1 N–H and O–H groups in total. The molecule has 0 aromatic heterocycles. The number of allylic oxidation sites excluding steroid dienone is 1. The fourth-order valence-electron chi connectivity index (χ4n) is 8.21. The van der Waals surface area contributed by atoms with Gasteiger partial charge >= 0.3 is 0 Å². The molecule has 3 fully saturated rings. The summed E-state index contributed by atoms with van der Waals surface area (Å²) in [5, 5.41) is 25.9. The number of oxime groups is 1. The molecule has 6 heteroatoms. The van der Waals surface area contributed by atoms with Gasteiger partial charge in [-0.15, -0.1) is 0 Å². The molecule has 0 radical (unpaired) electrons. The normalized spacial score (nSPS) is 46.9. The number of aliphatic hydroxyl groups is 1. The van der Waals surface area contributed by atoms with E-state index in [0.717, 1.165) is 44.2 Å². The molecule has 4 rings (SSSR count). The van der Waals surface area contributed by atoms with E-state index >= 15 is 0 Å². The van der Waals surface area contributed by atoms with E-state index < -0.39 is 0 Å². The van der Waals surface area contributed by atoms with Crippen molar-refractivity contribution < 1.29 is 14.9 Å². The van der Waals surface area contributed by atoms with E-state index in [1.807, 2.05) is 6.92 Å². The second-order valence-electron chi connectivity index (χ2n) is 10.6. The average molecular weight is 405 g/mol. The van der Waals surface area contributed by atoms with E-state index in [9.17, 15) is 15.2 Å². The molecule has 3 saturated carbocycles. The van der Waals surface area contributed by atoms with Gasteiger partial charge < -0.3 is 9.94 Å². The van der Waals surface area contributed by atoms with Crippen LogP contribution in [-0.2, 0) is 4.84 Å². The Bertz CT molecular complexity index is 734. The summed E-state index contributed by atoms with van der Waals surface area (Å²) in [6.07, 6.45) is 9.26. The standard InChI is InChI=1S/C23H36N2O4/c1-14(24-29-4)21-15(13-25(27)28)11-20-18-6-5-16-12-17(26)7-9-22(16,2)19(18)8-10-23(20,21)3/h5,15,17-21,26H,6-13H2,1-4H3/b24-14-/t15-,17-,18?,19?,20?,21-,22-,23-/m0/s1. The first-order chi connectivity index (χ1) is 13.7. The summed E-state index contributed by atoms with van der Waals surface area (Å²) in [6, 6.07) is 0. The van der Waals surface area contributed by atoms with E-state index in [1.54, 1.807) is 7.11 Å². The molecule has 29 heavy (non-hydrogen) atoms. The summed E-state index contributed by atoms with van der Waals surface area (Å²) in [7, 11) is 1.56. The van der Waals surface area contributed by atoms with Crippen LogP contribution < -0.4 is 0 Å². The molecule has 0 aliphatic heterocycles. The number of nitro groups is 1. The molecular formula is C23H36N2O4. The van der Waals surface area contributed by atoms with Gasteiger partial charge in [0.15, 0.2) is 0 Å². The van der Waals surface area contributed by atoms with E-state index in [0.29, 0.717) is 17.8 Å². The number of rotatable bonds is 4. The zero-order valence-corrected chi connectivity index (χ0v) is 18.3. The fraction of sp³-hybridized carbons (Fsp3) is 0.870. The summed E-state index contributed by atoms with van der Waals surface area (Å²) in [5.74, 6) is 1.84. The Hall–Kier alpha value is -1.43. The maximum Gasteiger partial charge on any atom is 0.207 e. The number of nitrogens with zero attached hydrogens (tertiary/aromatic N) is 2. The van der Waals surface area contributed by atoms with Gasteiger partial charge in [0.1, 0.15) is 7.11 Å². The van der Waals surface area contributed by atoms with E-state index in [2.05, 4.69) is 25.1 Å². The Morgan fingerprint density at radius 3 is 2.79 bits per heavy atom. The highest BCUT2D eigenvalue weighted by molar-refractivity contribution is 5.85. The molecule has 162 valence electrons. The molecular weight excluding hydrogens is 368 g/mol. The first kappa shape index (κ1) is 20.8. The zero-order valence-electron chi connectivity index (χ0n) is 18.3. The third-order valence-corrected chi connectivity index (χ3v) is 9.32. The van der Waals surface area contributed by atoms with Crippen molar-refractivity contribution in [3.63, 3.8) is 0 Å². The van der Waals surface area contributed by atoms with E-state index in [1.165, 1.54) is 12.0 Å². The van der Waals surface area contributed by atoms with Gasteiger partial charge in [-0.2, -0.15) is 0 Å². The molecule has 0 saturated heterocycles. The largest absolute Gasteiger partial charge is 0.399 e. The molecule has 0 bridgehead atoms. The highest BCUT2D eigenvalue weighted by Gasteiger charge is 2.62. The zero-order chi connectivity index (χ0) is 21.0. The summed E-state index contributed by atoms with van der Waals surface area (Å²) in [5.41, 5.74) is 2.62. The Kier molecular flexibility index (Phi) is 5.29. The van der Waals surface area contributed by atoms with Gasteiger partial charge in [0.25, 0.3) is 0 Å². The minimum absolute atomic E-state index is 0.0231. The summed E-state index contributed by atoms with van der Waals surface area (Å²) in [6.45, 7) is 6.79. The first-order valence-corrected chi connectivity index (χ1v) is 11.3. The maximum absolute atomic E-state index is 11.4. The van der Waals surface area contributed by atoms with Crippen LogP contribution in [0.3, 0.4) is 0 Å². The lowest BCUT2D eigenvalue weighted by Gasteiger charge is -2.58. The Morgan fingerprint density at radius 2 is 2.10 bits per heavy atom. The van der Waals surface area contributed by atoms with Gasteiger partial charge in [0.2, 0.25) is 6.54 Å². The Morgan fingerprint density at radius 1 is 1.34 bits per heavy atom. The van der Waals surface area contributed by atoms with Crippen LogP contribution in [-0.4, -0.2) is 35.5 Å². The Labute approximate surface area is 173 Å². The monoisotopic (exact) mass is 404 g/mol. The van der Waals surface area contributed by atoms with Gasteiger partial charge in [-0.3, -0.25) is 10.1 Å². The van der Waals surface area contributed by atoms with Crippen molar-refractivity contribution in [1.82, 2.24) is 0 Å². The Balaban J connectivity index is 1.68. The van der Waals surface area contributed by atoms with Gasteiger partial charge in [0, 0.05) is 16.8 Å². The van der Waals surface area contributed by atoms with Crippen LogP contribution in [0.4, 0.5) is 0 Å². The average Bonchev–Trinajstić information content (AvgIpc) is 2.93. The van der Waals surface area contributed by atoms with Crippen LogP contribution >= 0.6 is 0 Å². The number of fused-ring (bicyclic) bond motifs is 5. The van der Waals surface area contributed by atoms with Crippen molar-refractivity contribution >= 4 is 5.71 Å². The molecule has 4 aliphatic rings. The third kappa shape index (κ3) is 3.22. The van der Waals surface area contributed by atoms with Crippen molar-refractivity contribution in [1.29, 1.82) is 0 Å². The minimum atomic E-state index is -0.187. The first-order valence-electron chi connectivity index (χ1n) is 11.3. The predicted octanol–water partition coefficient (Wildman–Crippen LogP) is 4.45. The smallest absolute Gasteiger partial charge is 0.207 e.